The maximum absolute atomic E-state index is 12.0. The first kappa shape index (κ1) is 13.1. The molecule has 0 saturated carbocycles. The van der Waals surface area contributed by atoms with E-state index in [1.54, 1.807) is 7.11 Å². The van der Waals surface area contributed by atoms with Gasteiger partial charge in [-0.25, -0.2) is 0 Å². The number of benzene rings is 2. The molecular weight excluding hydrogens is 238 g/mol. The fourth-order valence-corrected chi connectivity index (χ4v) is 1.86. The third kappa shape index (κ3) is 3.35. The zero-order valence-corrected chi connectivity index (χ0v) is 11.1. The number of nitrogens with one attached hydrogen (secondary N) is 1. The average Bonchev–Trinajstić information content (AvgIpc) is 2.46. The van der Waals surface area contributed by atoms with Crippen molar-refractivity contribution in [2.24, 2.45) is 0 Å². The van der Waals surface area contributed by atoms with E-state index in [4.69, 9.17) is 4.74 Å². The van der Waals surface area contributed by atoms with Crippen LogP contribution in [0.1, 0.15) is 15.9 Å². The lowest BCUT2D eigenvalue weighted by atomic mass is 10.1. The first-order valence-electron chi connectivity index (χ1n) is 6.17. The number of hydrogen-bond donors (Lipinski definition) is 1. The van der Waals surface area contributed by atoms with Crippen LogP contribution in [0.4, 0.5) is 5.69 Å². The molecule has 1 N–H and O–H groups in total. The van der Waals surface area contributed by atoms with Crippen molar-refractivity contribution in [2.45, 2.75) is 6.92 Å². The van der Waals surface area contributed by atoms with Gasteiger partial charge in [0.05, 0.1) is 19.3 Å². The van der Waals surface area contributed by atoms with Gasteiger partial charge >= 0.3 is 0 Å². The van der Waals surface area contributed by atoms with E-state index in [0.29, 0.717) is 5.56 Å². The molecule has 98 valence electrons. The Labute approximate surface area is 113 Å². The third-order valence-corrected chi connectivity index (χ3v) is 2.89. The number of ketones is 1. The summed E-state index contributed by atoms with van der Waals surface area (Å²) in [7, 11) is 1.62. The Morgan fingerprint density at radius 3 is 2.58 bits per heavy atom. The van der Waals surface area contributed by atoms with Crippen LogP contribution in [0.15, 0.2) is 48.5 Å². The van der Waals surface area contributed by atoms with Gasteiger partial charge in [-0.2, -0.15) is 0 Å². The number of carbonyl (C=O) groups excluding carboxylic acids is 1. The zero-order valence-electron chi connectivity index (χ0n) is 11.1. The molecule has 0 amide bonds. The summed E-state index contributed by atoms with van der Waals surface area (Å²) in [4.78, 5) is 12.0. The summed E-state index contributed by atoms with van der Waals surface area (Å²) in [5.41, 5.74) is 2.67. The number of anilines is 1. The second-order valence-corrected chi connectivity index (χ2v) is 4.35. The van der Waals surface area contributed by atoms with Crippen molar-refractivity contribution in [1.82, 2.24) is 0 Å². The molecule has 0 aromatic heterocycles. The molecule has 3 nitrogen and oxygen atoms in total. The summed E-state index contributed by atoms with van der Waals surface area (Å²) in [5.74, 6) is 0.802. The highest BCUT2D eigenvalue weighted by Gasteiger charge is 2.07. The molecule has 0 heterocycles. The summed E-state index contributed by atoms with van der Waals surface area (Å²) >= 11 is 0. The molecule has 0 fully saturated rings. The molecular formula is C16H17NO2. The maximum Gasteiger partial charge on any atom is 0.181 e. The van der Waals surface area contributed by atoms with Crippen LogP contribution in [0.2, 0.25) is 0 Å². The quantitative estimate of drug-likeness (QED) is 0.833. The van der Waals surface area contributed by atoms with Crippen molar-refractivity contribution in [3.8, 4) is 5.75 Å². The molecule has 0 aliphatic rings. The average molecular weight is 255 g/mol. The molecule has 2 rings (SSSR count). The molecule has 0 atom stereocenters. The zero-order chi connectivity index (χ0) is 13.7. The van der Waals surface area contributed by atoms with Gasteiger partial charge in [-0.15, -0.1) is 0 Å². The van der Waals surface area contributed by atoms with E-state index in [0.717, 1.165) is 17.0 Å². The Balaban J connectivity index is 2.07. The van der Waals surface area contributed by atoms with Gasteiger partial charge in [-0.1, -0.05) is 36.4 Å². The molecule has 3 heteroatoms. The van der Waals surface area contributed by atoms with Crippen molar-refractivity contribution in [1.29, 1.82) is 0 Å². The van der Waals surface area contributed by atoms with Gasteiger partial charge in [0, 0.05) is 5.56 Å². The summed E-state index contributed by atoms with van der Waals surface area (Å²) in [6.07, 6.45) is 0. The molecule has 0 aliphatic heterocycles. The van der Waals surface area contributed by atoms with Gasteiger partial charge in [-0.05, 0) is 24.6 Å². The summed E-state index contributed by atoms with van der Waals surface area (Å²) in [6.45, 7) is 2.26. The van der Waals surface area contributed by atoms with Gasteiger partial charge in [0.2, 0.25) is 0 Å². The van der Waals surface area contributed by atoms with Gasteiger partial charge in [0.15, 0.2) is 5.78 Å². The van der Waals surface area contributed by atoms with Gasteiger partial charge in [0.1, 0.15) is 5.75 Å². The van der Waals surface area contributed by atoms with Crippen molar-refractivity contribution < 1.29 is 9.53 Å². The lowest BCUT2D eigenvalue weighted by Gasteiger charge is -2.11. The molecule has 0 aliphatic carbocycles. The van der Waals surface area contributed by atoms with Gasteiger partial charge in [-0.3, -0.25) is 4.79 Å². The van der Waals surface area contributed by atoms with Gasteiger partial charge < -0.3 is 10.1 Å². The maximum atomic E-state index is 12.0. The van der Waals surface area contributed by atoms with E-state index < -0.39 is 0 Å². The highest BCUT2D eigenvalue weighted by molar-refractivity contribution is 5.99. The van der Waals surface area contributed by atoms with Crippen molar-refractivity contribution in [3.63, 3.8) is 0 Å². The predicted molar refractivity (Wildman–Crippen MR) is 77.0 cm³/mol. The minimum atomic E-state index is 0.0594. The van der Waals surface area contributed by atoms with Crippen LogP contribution >= 0.6 is 0 Å². The fraction of sp³-hybridized carbons (Fsp3) is 0.188. The summed E-state index contributed by atoms with van der Waals surface area (Å²) in [6, 6.07) is 15.1. The third-order valence-electron chi connectivity index (χ3n) is 2.89. The van der Waals surface area contributed by atoms with Crippen LogP contribution in [0, 0.1) is 6.92 Å². The fourth-order valence-electron chi connectivity index (χ4n) is 1.86. The highest BCUT2D eigenvalue weighted by atomic mass is 16.5. The van der Waals surface area contributed by atoms with Crippen LogP contribution in [0.25, 0.3) is 0 Å². The number of ether oxygens (including phenoxy) is 1. The molecule has 0 bridgehead atoms. The van der Waals surface area contributed by atoms with E-state index in [1.807, 2.05) is 55.5 Å². The molecule has 0 radical (unpaired) electrons. The van der Waals surface area contributed by atoms with Crippen molar-refractivity contribution in [2.75, 3.05) is 19.0 Å². The Morgan fingerprint density at radius 2 is 1.89 bits per heavy atom. The Morgan fingerprint density at radius 1 is 1.16 bits per heavy atom. The predicted octanol–water partition coefficient (Wildman–Crippen LogP) is 3.30. The largest absolute Gasteiger partial charge is 0.495 e. The van der Waals surface area contributed by atoms with E-state index in [9.17, 15) is 4.79 Å². The SMILES string of the molecule is COc1ccc(C)cc1NCC(=O)c1ccccc1. The molecule has 2 aromatic carbocycles. The lowest BCUT2D eigenvalue weighted by molar-refractivity contribution is 0.101. The lowest BCUT2D eigenvalue weighted by Crippen LogP contribution is -2.14. The summed E-state index contributed by atoms with van der Waals surface area (Å²) < 4.78 is 5.26. The van der Waals surface area contributed by atoms with E-state index in [-0.39, 0.29) is 12.3 Å². The second kappa shape index (κ2) is 6.05. The Hall–Kier alpha value is -2.29. The first-order chi connectivity index (χ1) is 9.20. The number of rotatable bonds is 5. The molecule has 0 saturated heterocycles. The minimum Gasteiger partial charge on any atom is -0.495 e. The minimum absolute atomic E-state index is 0.0594. The van der Waals surface area contributed by atoms with Crippen LogP contribution in [-0.4, -0.2) is 19.4 Å². The number of carbonyl (C=O) groups is 1. The van der Waals surface area contributed by atoms with Crippen LogP contribution in [0.3, 0.4) is 0 Å². The van der Waals surface area contributed by atoms with Crippen molar-refractivity contribution >= 4 is 11.5 Å². The van der Waals surface area contributed by atoms with Crippen LogP contribution in [-0.2, 0) is 0 Å². The Bertz CT molecular complexity index is 564. The highest BCUT2D eigenvalue weighted by Crippen LogP contribution is 2.24. The number of Topliss-reactive ketones (excluding diaryl/α,β-unsaturated/α-hetero) is 1. The standard InChI is InChI=1S/C16H17NO2/c1-12-8-9-16(19-2)14(10-12)17-11-15(18)13-6-4-3-5-7-13/h3-10,17H,11H2,1-2H3. The normalized spacial score (nSPS) is 10.0. The Kier molecular flexibility index (Phi) is 4.18. The van der Waals surface area contributed by atoms with E-state index in [1.165, 1.54) is 0 Å². The molecule has 0 spiro atoms. The summed E-state index contributed by atoms with van der Waals surface area (Å²) in [5, 5.41) is 3.13. The topological polar surface area (TPSA) is 38.3 Å². The number of hydrogen-bond acceptors (Lipinski definition) is 3. The molecule has 19 heavy (non-hydrogen) atoms. The smallest absolute Gasteiger partial charge is 0.181 e. The van der Waals surface area contributed by atoms with E-state index in [2.05, 4.69) is 5.32 Å². The van der Waals surface area contributed by atoms with E-state index >= 15 is 0 Å². The van der Waals surface area contributed by atoms with Gasteiger partial charge in [0.25, 0.3) is 0 Å². The number of aryl methyl sites for hydroxylation is 1. The number of methoxy groups -OCH3 is 1. The molecule has 2 aromatic rings. The van der Waals surface area contributed by atoms with Crippen LogP contribution in [0.5, 0.6) is 5.75 Å². The van der Waals surface area contributed by atoms with Crippen molar-refractivity contribution in [3.05, 3.63) is 59.7 Å². The molecule has 0 unspecified atom stereocenters. The monoisotopic (exact) mass is 255 g/mol. The first-order valence-corrected chi connectivity index (χ1v) is 6.17. The second-order valence-electron chi connectivity index (χ2n) is 4.35. The van der Waals surface area contributed by atoms with Crippen LogP contribution < -0.4 is 10.1 Å².